The standard InChI is InChI=1S/C61H4O/c62-1-61-58-54-48-34-26-18-6-3-2-4-7(6)19-21-17-11(4)13-9-5(2)8-12-10(3)16-20(18)32(34)40-38-24(16)22(12)30-28-14(8)15(9)29-31-23(13)25(17)39-41-33(21)35(27(19)26)49(48)55(58)51(41)53-45(39)43(31)47-37(29)36(28)46-42(30)44(38)52(50(40)54)59(61)56(46)57(47)60(53)61/h58,62H,1H2. The Morgan fingerprint density at radius 1 is 0.194 bits per heavy atom. The first kappa shape index (κ1) is 21.8. The van der Waals surface area contributed by atoms with E-state index in [-0.39, 0.29) is 12.5 Å². The lowest BCUT2D eigenvalue weighted by atomic mass is 9.58. The second kappa shape index (κ2) is 4.72. The molecule has 0 fully saturated rings. The summed E-state index contributed by atoms with van der Waals surface area (Å²) in [4.78, 5) is 0. The van der Waals surface area contributed by atoms with Gasteiger partial charge in [-0.2, -0.15) is 0 Å². The zero-order valence-electron chi connectivity index (χ0n) is 31.2. The largest absolute Gasteiger partial charge is 0.395 e. The third kappa shape index (κ3) is 1.06. The van der Waals surface area contributed by atoms with Crippen molar-refractivity contribution >= 4 is 291 Å². The second-order valence-corrected chi connectivity index (χ2v) is 23.4. The van der Waals surface area contributed by atoms with Crippen LogP contribution in [0.3, 0.4) is 0 Å². The van der Waals surface area contributed by atoms with Gasteiger partial charge in [0.1, 0.15) is 0 Å². The molecule has 0 unspecified atom stereocenters. The fraction of sp³-hybridized carbons (Fsp3) is 0.0492. The van der Waals surface area contributed by atoms with Crippen molar-refractivity contribution in [1.82, 2.24) is 0 Å². The molecule has 1 nitrogen and oxygen atoms in total. The predicted molar refractivity (Wildman–Crippen MR) is 262 cm³/mol. The lowest BCUT2D eigenvalue weighted by Crippen LogP contribution is -2.40. The molecule has 0 heterocycles. The molecule has 1 N–H and O–H groups in total. The molecule has 0 aromatic heterocycles. The van der Waals surface area contributed by atoms with Crippen LogP contribution in [0.1, 0.15) is 28.2 Å². The Bertz CT molecular complexity index is 6630. The van der Waals surface area contributed by atoms with E-state index in [0.29, 0.717) is 0 Å². The molecule has 0 saturated heterocycles. The lowest BCUT2D eigenvalue weighted by Gasteiger charge is -2.44. The maximum Gasteiger partial charge on any atom is 0.0578 e. The van der Waals surface area contributed by atoms with Crippen molar-refractivity contribution in [2.75, 3.05) is 6.61 Å². The highest BCUT2D eigenvalue weighted by Crippen LogP contribution is 2.83. The molecule has 0 aliphatic heterocycles. The minimum Gasteiger partial charge on any atom is -0.395 e. The highest BCUT2D eigenvalue weighted by atomic mass is 16.3. The SMILES string of the molecule is OCC12c3c4c5c6c7c8c(c9c%10c1c1c3c3c%11c4c4c5c5c7c7c%12c8c8c9c9c%10c%10c1c1c3c3c%11c%11c4c4c5c7c5c7c%12c8c8c9c9c%10c1c1c3c3c%11c4c5c4c7c8c9c1c34)C62. The first-order valence-corrected chi connectivity index (χ1v) is 23.3. The van der Waals surface area contributed by atoms with Gasteiger partial charge in [0.2, 0.25) is 0 Å². The summed E-state index contributed by atoms with van der Waals surface area (Å²) in [7, 11) is 0. The molecule has 62 heavy (non-hydrogen) atoms. The molecule has 0 radical (unpaired) electrons. The van der Waals surface area contributed by atoms with Crippen LogP contribution in [-0.2, 0) is 5.41 Å². The van der Waals surface area contributed by atoms with Gasteiger partial charge in [0.25, 0.3) is 0 Å². The molecule has 28 aromatic rings. The number of benzene rings is 18. The molecule has 4 aliphatic carbocycles. The van der Waals surface area contributed by atoms with E-state index in [4.69, 9.17) is 0 Å². The van der Waals surface area contributed by atoms with Gasteiger partial charge in [-0.3, -0.25) is 0 Å². The van der Waals surface area contributed by atoms with Gasteiger partial charge in [0, 0.05) is 5.92 Å². The lowest BCUT2D eigenvalue weighted by molar-refractivity contribution is 0.211. The topological polar surface area (TPSA) is 20.2 Å². The van der Waals surface area contributed by atoms with E-state index in [2.05, 4.69) is 0 Å². The molecule has 0 atom stereocenters. The maximum absolute atomic E-state index is 13.1. The normalized spacial score (nSPS) is 21.9. The second-order valence-electron chi connectivity index (χ2n) is 23.4. The number of aliphatic hydroxyl groups excluding tert-OH is 1. The summed E-state index contributed by atoms with van der Waals surface area (Å²) in [6, 6.07) is 0. The fourth-order valence-electron chi connectivity index (χ4n) is 23.6. The van der Waals surface area contributed by atoms with Gasteiger partial charge in [0.05, 0.1) is 12.0 Å². The quantitative estimate of drug-likeness (QED) is 0.166. The van der Waals surface area contributed by atoms with Gasteiger partial charge in [-0.1, -0.05) is 0 Å². The maximum atomic E-state index is 13.1. The number of hydrogen-bond acceptors (Lipinski definition) is 1. The summed E-state index contributed by atoms with van der Waals surface area (Å²) < 4.78 is 0. The summed E-state index contributed by atoms with van der Waals surface area (Å²) >= 11 is 0. The van der Waals surface area contributed by atoms with Crippen molar-refractivity contribution in [2.45, 2.75) is 11.3 Å². The van der Waals surface area contributed by atoms with Crippen LogP contribution in [0.15, 0.2) is 0 Å². The van der Waals surface area contributed by atoms with E-state index in [1.165, 1.54) is 0 Å². The molecule has 254 valence electrons. The smallest absolute Gasteiger partial charge is 0.0578 e. The third-order valence-corrected chi connectivity index (χ3v) is 23.5. The average Bonchev–Trinajstić information content (AvgIpc) is 4.13. The Labute approximate surface area is 334 Å². The molecule has 32 rings (SSSR count). The van der Waals surface area contributed by atoms with Crippen molar-refractivity contribution in [2.24, 2.45) is 0 Å². The van der Waals surface area contributed by atoms with Gasteiger partial charge in [-0.05, 0) is 313 Å². The molecule has 0 spiro atoms. The van der Waals surface area contributed by atoms with Crippen LogP contribution in [-0.4, -0.2) is 11.7 Å². The summed E-state index contributed by atoms with van der Waals surface area (Å²) in [6.07, 6.45) is 0. The van der Waals surface area contributed by atoms with Crippen molar-refractivity contribution in [1.29, 1.82) is 0 Å². The summed E-state index contributed by atoms with van der Waals surface area (Å²) in [5.41, 5.74) is 5.88. The molecule has 0 bridgehead atoms. The Kier molecular flexibility index (Phi) is 1.66. The van der Waals surface area contributed by atoms with E-state index in [0.717, 1.165) is 0 Å². The molecule has 4 aliphatic rings. The first-order chi connectivity index (χ1) is 30.9. The third-order valence-electron chi connectivity index (χ3n) is 23.5. The Balaban J connectivity index is 1.32. The van der Waals surface area contributed by atoms with Crippen molar-refractivity contribution in [3.8, 4) is 0 Å². The Hall–Kier alpha value is -7.58. The molecule has 28 aromatic carbocycles. The van der Waals surface area contributed by atoms with Crippen LogP contribution in [0.25, 0.3) is 291 Å². The van der Waals surface area contributed by atoms with Gasteiger partial charge in [0.15, 0.2) is 0 Å². The van der Waals surface area contributed by atoms with E-state index < -0.39 is 5.41 Å². The Morgan fingerprint density at radius 3 is 0.500 bits per heavy atom. The van der Waals surface area contributed by atoms with Gasteiger partial charge >= 0.3 is 0 Å². The van der Waals surface area contributed by atoms with E-state index in [1.807, 2.05) is 0 Å². The molecular formula is C61H4O. The van der Waals surface area contributed by atoms with Crippen molar-refractivity contribution in [3.63, 3.8) is 0 Å². The van der Waals surface area contributed by atoms with Crippen LogP contribution in [0.5, 0.6) is 0 Å². The van der Waals surface area contributed by atoms with Gasteiger partial charge in [-0.25, -0.2) is 0 Å². The number of hydrogen-bond donors (Lipinski definition) is 1. The van der Waals surface area contributed by atoms with Gasteiger partial charge < -0.3 is 5.11 Å². The van der Waals surface area contributed by atoms with Crippen LogP contribution < -0.4 is 0 Å². The zero-order chi connectivity index (χ0) is 36.3. The predicted octanol–water partition coefficient (Wildman–Crippen LogP) is 16.1. The van der Waals surface area contributed by atoms with Crippen LogP contribution in [0, 0.1) is 0 Å². The monoisotopic (exact) mass is 752 g/mol. The summed E-state index contributed by atoms with van der Waals surface area (Å²) in [6.45, 7) is 0.174. The van der Waals surface area contributed by atoms with Gasteiger partial charge in [-0.15, -0.1) is 0 Å². The van der Waals surface area contributed by atoms with E-state index in [9.17, 15) is 5.11 Å². The number of aliphatic hydroxyl groups is 1. The van der Waals surface area contributed by atoms with Crippen LogP contribution >= 0.6 is 0 Å². The first-order valence-electron chi connectivity index (χ1n) is 23.3. The highest BCUT2D eigenvalue weighted by Gasteiger charge is 2.62. The van der Waals surface area contributed by atoms with Crippen LogP contribution in [0.2, 0.25) is 0 Å². The van der Waals surface area contributed by atoms with E-state index >= 15 is 0 Å². The highest BCUT2D eigenvalue weighted by molar-refractivity contribution is 6.82. The minimum atomic E-state index is -0.495. The van der Waals surface area contributed by atoms with Crippen molar-refractivity contribution < 1.29 is 5.11 Å². The fourth-order valence-corrected chi connectivity index (χ4v) is 23.6. The number of rotatable bonds is 1. The van der Waals surface area contributed by atoms with E-state index in [1.54, 1.807) is 313 Å². The molecule has 1 heteroatoms. The Morgan fingerprint density at radius 2 is 0.323 bits per heavy atom. The molecular weight excluding hydrogens is 749 g/mol. The van der Waals surface area contributed by atoms with Crippen LogP contribution in [0.4, 0.5) is 0 Å². The molecule has 0 saturated carbocycles. The van der Waals surface area contributed by atoms with Crippen molar-refractivity contribution in [3.05, 3.63) is 22.3 Å². The zero-order valence-corrected chi connectivity index (χ0v) is 31.2. The summed E-state index contributed by atoms with van der Waals surface area (Å²) in [5.74, 6) is 0.137. The molecule has 0 amide bonds. The average molecular weight is 753 g/mol. The minimum absolute atomic E-state index is 0.137. The summed E-state index contributed by atoms with van der Waals surface area (Å²) in [5, 5.41) is 101.